The number of aromatic nitrogens is 2. The average Bonchev–Trinajstić information content (AvgIpc) is 2.85. The summed E-state index contributed by atoms with van der Waals surface area (Å²) in [7, 11) is 1.91. The van der Waals surface area contributed by atoms with Gasteiger partial charge in [0.1, 0.15) is 11.6 Å². The molecular formula is C15H12N4. The van der Waals surface area contributed by atoms with Crippen LogP contribution in [0.25, 0.3) is 16.6 Å². The lowest BCUT2D eigenvalue weighted by Gasteiger charge is -2.18. The topological polar surface area (TPSA) is 55.7 Å². The number of hydrogen-bond acceptors (Lipinski definition) is 3. The van der Waals surface area contributed by atoms with Crippen LogP contribution in [0.3, 0.4) is 0 Å². The molecule has 1 aromatic carbocycles. The van der Waals surface area contributed by atoms with E-state index >= 15 is 0 Å². The van der Waals surface area contributed by atoms with Crippen LogP contribution in [0.15, 0.2) is 54.4 Å². The summed E-state index contributed by atoms with van der Waals surface area (Å²) in [5, 5.41) is 9.42. The Balaban J connectivity index is 2.18. The molecule has 4 heteroatoms. The first-order valence-electron chi connectivity index (χ1n) is 5.97. The number of allylic oxidation sites excluding steroid dienone is 4. The van der Waals surface area contributed by atoms with Gasteiger partial charge in [-0.05, 0) is 24.3 Å². The second-order valence-electron chi connectivity index (χ2n) is 4.29. The molecule has 19 heavy (non-hydrogen) atoms. The predicted molar refractivity (Wildman–Crippen MR) is 74.7 cm³/mol. The van der Waals surface area contributed by atoms with Crippen LogP contribution in [0.5, 0.6) is 0 Å². The number of hydrogen-bond donors (Lipinski definition) is 1. The van der Waals surface area contributed by atoms with E-state index < -0.39 is 0 Å². The molecule has 2 heterocycles. The SMILES string of the molecule is CN1C=CC=C/C1=C(\C#N)c1nc2ccccc2[nH]1. The minimum atomic E-state index is 0.541. The Bertz CT molecular complexity index is 723. The number of H-pyrrole nitrogens is 1. The van der Waals surface area contributed by atoms with Gasteiger partial charge in [-0.25, -0.2) is 4.98 Å². The molecule has 0 saturated heterocycles. The average molecular weight is 248 g/mol. The van der Waals surface area contributed by atoms with Gasteiger partial charge in [0.15, 0.2) is 5.82 Å². The smallest absolute Gasteiger partial charge is 0.151 e. The van der Waals surface area contributed by atoms with Crippen LogP contribution in [0, 0.1) is 11.3 Å². The monoisotopic (exact) mass is 248 g/mol. The zero-order valence-corrected chi connectivity index (χ0v) is 10.5. The third kappa shape index (κ3) is 1.91. The molecular weight excluding hydrogens is 236 g/mol. The highest BCUT2D eigenvalue weighted by atomic mass is 15.1. The first-order chi connectivity index (χ1) is 9.29. The third-order valence-electron chi connectivity index (χ3n) is 3.05. The van der Waals surface area contributed by atoms with E-state index in [0.29, 0.717) is 11.4 Å². The molecule has 2 aromatic rings. The Hall–Kier alpha value is -2.80. The molecule has 0 spiro atoms. The Morgan fingerprint density at radius 2 is 2.16 bits per heavy atom. The van der Waals surface area contributed by atoms with Crippen LogP contribution in [-0.2, 0) is 0 Å². The summed E-state index contributed by atoms with van der Waals surface area (Å²) >= 11 is 0. The van der Waals surface area contributed by atoms with Crippen molar-refractivity contribution in [2.24, 2.45) is 0 Å². The quantitative estimate of drug-likeness (QED) is 0.789. The third-order valence-corrected chi connectivity index (χ3v) is 3.05. The molecule has 0 unspecified atom stereocenters. The molecule has 0 amide bonds. The van der Waals surface area contributed by atoms with E-state index in [-0.39, 0.29) is 0 Å². The number of aromatic amines is 1. The minimum Gasteiger partial charge on any atom is -0.350 e. The van der Waals surface area contributed by atoms with Crippen molar-refractivity contribution in [1.29, 1.82) is 5.26 Å². The van der Waals surface area contributed by atoms with Gasteiger partial charge in [0, 0.05) is 13.2 Å². The summed E-state index contributed by atoms with van der Waals surface area (Å²) in [6, 6.07) is 9.99. The molecule has 0 fully saturated rings. The number of benzene rings is 1. The van der Waals surface area contributed by atoms with Crippen molar-refractivity contribution < 1.29 is 0 Å². The lowest BCUT2D eigenvalue weighted by atomic mass is 10.1. The van der Waals surface area contributed by atoms with Gasteiger partial charge in [0.2, 0.25) is 0 Å². The molecule has 1 aliphatic rings. The molecule has 0 atom stereocenters. The maximum absolute atomic E-state index is 9.42. The number of nitriles is 1. The molecule has 0 saturated carbocycles. The Morgan fingerprint density at radius 3 is 2.89 bits per heavy atom. The van der Waals surface area contributed by atoms with Crippen LogP contribution < -0.4 is 0 Å². The number of nitrogens with one attached hydrogen (secondary N) is 1. The molecule has 3 rings (SSSR count). The fraction of sp³-hybridized carbons (Fsp3) is 0.0667. The van der Waals surface area contributed by atoms with E-state index in [0.717, 1.165) is 16.7 Å². The summed E-state index contributed by atoms with van der Waals surface area (Å²) in [5.41, 5.74) is 3.18. The van der Waals surface area contributed by atoms with Crippen molar-refractivity contribution >= 4 is 16.6 Å². The van der Waals surface area contributed by atoms with Gasteiger partial charge in [-0.2, -0.15) is 5.26 Å². The maximum atomic E-state index is 9.42. The number of imidazole rings is 1. The molecule has 1 N–H and O–H groups in total. The zero-order chi connectivity index (χ0) is 13.2. The van der Waals surface area contributed by atoms with Gasteiger partial charge in [0.25, 0.3) is 0 Å². The van der Waals surface area contributed by atoms with E-state index in [1.165, 1.54) is 0 Å². The van der Waals surface area contributed by atoms with E-state index in [4.69, 9.17) is 0 Å². The fourth-order valence-corrected chi connectivity index (χ4v) is 2.09. The first kappa shape index (κ1) is 11.3. The van der Waals surface area contributed by atoms with Gasteiger partial charge in [-0.1, -0.05) is 18.2 Å². The van der Waals surface area contributed by atoms with Crippen molar-refractivity contribution in [2.75, 3.05) is 7.05 Å². The maximum Gasteiger partial charge on any atom is 0.151 e. The largest absolute Gasteiger partial charge is 0.350 e. The standard InChI is InChI=1S/C15H12N4/c1-19-9-5-4-8-14(19)11(10-16)15-17-12-6-2-3-7-13(12)18-15/h2-9H,1H3,(H,17,18)/b14-11-. The molecule has 92 valence electrons. The highest BCUT2D eigenvalue weighted by molar-refractivity contribution is 5.84. The summed E-state index contributed by atoms with van der Waals surface area (Å²) < 4.78 is 0. The molecule has 1 aromatic heterocycles. The Kier molecular flexibility index (Phi) is 2.66. The van der Waals surface area contributed by atoms with Crippen molar-refractivity contribution in [3.63, 3.8) is 0 Å². The van der Waals surface area contributed by atoms with Crippen molar-refractivity contribution in [3.05, 3.63) is 60.2 Å². The summed E-state index contributed by atoms with van der Waals surface area (Å²) in [5.74, 6) is 0.602. The summed E-state index contributed by atoms with van der Waals surface area (Å²) in [6.07, 6.45) is 7.66. The Labute approximate surface area is 111 Å². The van der Waals surface area contributed by atoms with E-state index in [1.54, 1.807) is 0 Å². The van der Waals surface area contributed by atoms with Crippen LogP contribution in [-0.4, -0.2) is 21.9 Å². The molecule has 4 nitrogen and oxygen atoms in total. The molecule has 1 aliphatic heterocycles. The number of likely N-dealkylation sites (N-methyl/N-ethyl adjacent to an activating group) is 1. The summed E-state index contributed by atoms with van der Waals surface area (Å²) in [4.78, 5) is 9.57. The second kappa shape index (κ2) is 4.46. The number of fused-ring (bicyclic) bond motifs is 1. The predicted octanol–water partition coefficient (Wildman–Crippen LogP) is 2.81. The zero-order valence-electron chi connectivity index (χ0n) is 10.5. The van der Waals surface area contributed by atoms with Gasteiger partial charge < -0.3 is 9.88 Å². The Morgan fingerprint density at radius 1 is 1.32 bits per heavy atom. The first-order valence-corrected chi connectivity index (χ1v) is 5.97. The number of para-hydroxylation sites is 2. The van der Waals surface area contributed by atoms with Crippen LogP contribution >= 0.6 is 0 Å². The minimum absolute atomic E-state index is 0.541. The lowest BCUT2D eigenvalue weighted by molar-refractivity contribution is 0.586. The lowest BCUT2D eigenvalue weighted by Crippen LogP contribution is -2.12. The van der Waals surface area contributed by atoms with Gasteiger partial charge >= 0.3 is 0 Å². The van der Waals surface area contributed by atoms with E-state index in [9.17, 15) is 5.26 Å². The number of nitrogens with zero attached hydrogens (tertiary/aromatic N) is 3. The molecule has 0 bridgehead atoms. The van der Waals surface area contributed by atoms with Gasteiger partial charge in [-0.3, -0.25) is 0 Å². The summed E-state index contributed by atoms with van der Waals surface area (Å²) in [6.45, 7) is 0. The molecule has 0 aliphatic carbocycles. The normalized spacial score (nSPS) is 16.7. The van der Waals surface area contributed by atoms with E-state index in [1.807, 2.05) is 60.6 Å². The fourth-order valence-electron chi connectivity index (χ4n) is 2.09. The molecule has 0 radical (unpaired) electrons. The van der Waals surface area contributed by atoms with Crippen molar-refractivity contribution in [3.8, 4) is 6.07 Å². The van der Waals surface area contributed by atoms with E-state index in [2.05, 4.69) is 16.0 Å². The van der Waals surface area contributed by atoms with Gasteiger partial charge in [-0.15, -0.1) is 0 Å². The highest BCUT2D eigenvalue weighted by Crippen LogP contribution is 2.23. The van der Waals surface area contributed by atoms with Crippen LogP contribution in [0.4, 0.5) is 0 Å². The van der Waals surface area contributed by atoms with Crippen LogP contribution in [0.1, 0.15) is 5.82 Å². The van der Waals surface area contributed by atoms with Crippen molar-refractivity contribution in [2.45, 2.75) is 0 Å². The van der Waals surface area contributed by atoms with Crippen molar-refractivity contribution in [1.82, 2.24) is 14.9 Å². The van der Waals surface area contributed by atoms with Crippen LogP contribution in [0.2, 0.25) is 0 Å². The highest BCUT2D eigenvalue weighted by Gasteiger charge is 2.14. The number of rotatable bonds is 1. The second-order valence-corrected chi connectivity index (χ2v) is 4.29. The van der Waals surface area contributed by atoms with Gasteiger partial charge in [0.05, 0.1) is 16.7 Å².